The van der Waals surface area contributed by atoms with Gasteiger partial charge in [-0.2, -0.15) is 0 Å². The molecule has 2 rings (SSSR count). The number of carbonyl (C=O) groups excluding carboxylic acids is 3. The Bertz CT molecular complexity index is 398. The summed E-state index contributed by atoms with van der Waals surface area (Å²) < 4.78 is 0. The molecular weight excluding hydrogens is 236 g/mol. The second-order valence-electron chi connectivity index (χ2n) is 4.88. The van der Waals surface area contributed by atoms with Gasteiger partial charge in [-0.05, 0) is 14.0 Å². The molecule has 18 heavy (non-hydrogen) atoms. The Kier molecular flexibility index (Phi) is 3.36. The Morgan fingerprint density at radius 2 is 2.22 bits per heavy atom. The molecule has 0 bridgehead atoms. The number of nitrogens with one attached hydrogen (secondary N) is 2. The molecule has 2 amide bonds. The molecule has 2 fully saturated rings. The maximum atomic E-state index is 12.2. The van der Waals surface area contributed by atoms with Gasteiger partial charge in [0.05, 0.1) is 6.04 Å². The van der Waals surface area contributed by atoms with Crippen LogP contribution in [0, 0.1) is 0 Å². The lowest BCUT2D eigenvalue weighted by Crippen LogP contribution is -2.65. The number of ketones is 1. The van der Waals surface area contributed by atoms with Crippen LogP contribution in [-0.4, -0.2) is 60.3 Å². The average molecular weight is 254 g/mol. The third-order valence-corrected chi connectivity index (χ3v) is 3.54. The number of hydrogen-bond donors (Lipinski definition) is 3. The summed E-state index contributed by atoms with van der Waals surface area (Å²) in [6.45, 7) is 1.74. The predicted molar refractivity (Wildman–Crippen MR) is 63.6 cm³/mol. The van der Waals surface area contributed by atoms with Gasteiger partial charge in [0.15, 0.2) is 0 Å². The zero-order valence-corrected chi connectivity index (χ0v) is 10.5. The first-order valence-electron chi connectivity index (χ1n) is 5.99. The van der Waals surface area contributed by atoms with Crippen molar-refractivity contribution in [3.8, 4) is 0 Å². The first-order chi connectivity index (χ1) is 8.45. The van der Waals surface area contributed by atoms with Gasteiger partial charge in [0.1, 0.15) is 17.9 Å². The van der Waals surface area contributed by atoms with Crippen LogP contribution >= 0.6 is 0 Å². The lowest BCUT2D eigenvalue weighted by molar-refractivity contribution is -0.148. The first kappa shape index (κ1) is 13.0. The molecule has 7 heteroatoms. The summed E-state index contributed by atoms with van der Waals surface area (Å²) in [4.78, 5) is 36.8. The number of likely N-dealkylation sites (N-methyl/N-ethyl adjacent to an activating group) is 1. The highest BCUT2D eigenvalue weighted by molar-refractivity contribution is 6.00. The van der Waals surface area contributed by atoms with Crippen LogP contribution < -0.4 is 16.4 Å². The van der Waals surface area contributed by atoms with E-state index in [0.717, 1.165) is 0 Å². The molecule has 0 aromatic carbocycles. The smallest absolute Gasteiger partial charge is 0.246 e. The fourth-order valence-electron chi connectivity index (χ4n) is 2.73. The van der Waals surface area contributed by atoms with Crippen LogP contribution in [0.15, 0.2) is 0 Å². The average Bonchev–Trinajstić information content (AvgIpc) is 2.62. The van der Waals surface area contributed by atoms with Gasteiger partial charge in [0, 0.05) is 19.0 Å². The first-order valence-corrected chi connectivity index (χ1v) is 5.99. The molecule has 0 saturated carbocycles. The van der Waals surface area contributed by atoms with Gasteiger partial charge in [-0.25, -0.2) is 0 Å². The van der Waals surface area contributed by atoms with Crippen LogP contribution in [0.4, 0.5) is 0 Å². The third-order valence-electron chi connectivity index (χ3n) is 3.54. The maximum Gasteiger partial charge on any atom is 0.246 e. The molecule has 2 aliphatic heterocycles. The number of amides is 2. The van der Waals surface area contributed by atoms with E-state index >= 15 is 0 Å². The number of rotatable bonds is 3. The highest BCUT2D eigenvalue weighted by Crippen LogP contribution is 2.23. The minimum Gasteiger partial charge on any atom is -0.342 e. The van der Waals surface area contributed by atoms with Crippen molar-refractivity contribution in [2.24, 2.45) is 5.73 Å². The molecule has 0 aromatic heterocycles. The SMILES string of the molecule is CN[C@H]1C2C(=O)N[C@@H](CC(C)=O)C(=O)N2C[C@H]1N. The molecule has 100 valence electrons. The molecule has 0 aliphatic carbocycles. The van der Waals surface area contributed by atoms with Crippen LogP contribution in [0.2, 0.25) is 0 Å². The highest BCUT2D eigenvalue weighted by atomic mass is 16.2. The Balaban J connectivity index is 2.20. The minimum absolute atomic E-state index is 0.0350. The summed E-state index contributed by atoms with van der Waals surface area (Å²) >= 11 is 0. The number of fused-ring (bicyclic) bond motifs is 1. The van der Waals surface area contributed by atoms with Crippen molar-refractivity contribution in [1.82, 2.24) is 15.5 Å². The summed E-state index contributed by atoms with van der Waals surface area (Å²) in [5.41, 5.74) is 5.92. The number of piperazine rings is 1. The lowest BCUT2D eigenvalue weighted by atomic mass is 10.0. The van der Waals surface area contributed by atoms with E-state index in [2.05, 4.69) is 10.6 Å². The van der Waals surface area contributed by atoms with E-state index in [9.17, 15) is 14.4 Å². The fraction of sp³-hybridized carbons (Fsp3) is 0.727. The van der Waals surface area contributed by atoms with Crippen LogP contribution in [-0.2, 0) is 14.4 Å². The van der Waals surface area contributed by atoms with E-state index in [0.29, 0.717) is 6.54 Å². The zero-order chi connectivity index (χ0) is 13.4. The van der Waals surface area contributed by atoms with Gasteiger partial charge in [0.2, 0.25) is 11.8 Å². The Morgan fingerprint density at radius 1 is 1.56 bits per heavy atom. The van der Waals surface area contributed by atoms with Crippen LogP contribution in [0.25, 0.3) is 0 Å². The number of nitrogens with zero attached hydrogens (tertiary/aromatic N) is 1. The quantitative estimate of drug-likeness (QED) is 0.520. The van der Waals surface area contributed by atoms with Crippen molar-refractivity contribution in [2.75, 3.05) is 13.6 Å². The van der Waals surface area contributed by atoms with Gasteiger partial charge >= 0.3 is 0 Å². The number of hydrogen-bond acceptors (Lipinski definition) is 5. The topological polar surface area (TPSA) is 105 Å². The van der Waals surface area contributed by atoms with E-state index in [1.165, 1.54) is 11.8 Å². The zero-order valence-electron chi connectivity index (χ0n) is 10.5. The summed E-state index contributed by atoms with van der Waals surface area (Å²) in [7, 11) is 1.72. The van der Waals surface area contributed by atoms with Crippen molar-refractivity contribution in [3.05, 3.63) is 0 Å². The maximum absolute atomic E-state index is 12.2. The molecule has 2 saturated heterocycles. The van der Waals surface area contributed by atoms with Crippen molar-refractivity contribution in [1.29, 1.82) is 0 Å². The monoisotopic (exact) mass is 254 g/mol. The van der Waals surface area contributed by atoms with Crippen LogP contribution in [0.3, 0.4) is 0 Å². The molecule has 0 radical (unpaired) electrons. The van der Waals surface area contributed by atoms with Crippen molar-refractivity contribution >= 4 is 17.6 Å². The Morgan fingerprint density at radius 3 is 2.78 bits per heavy atom. The second-order valence-corrected chi connectivity index (χ2v) is 4.88. The van der Waals surface area contributed by atoms with Gasteiger partial charge in [-0.3, -0.25) is 14.4 Å². The highest BCUT2D eigenvalue weighted by Gasteiger charge is 2.51. The summed E-state index contributed by atoms with van der Waals surface area (Å²) in [5.74, 6) is -0.586. The molecule has 0 spiro atoms. The third kappa shape index (κ3) is 1.99. The van der Waals surface area contributed by atoms with E-state index in [1.807, 2.05) is 0 Å². The molecule has 2 aliphatic rings. The number of carbonyl (C=O) groups is 3. The fourth-order valence-corrected chi connectivity index (χ4v) is 2.73. The molecule has 0 aromatic rings. The van der Waals surface area contributed by atoms with Crippen LogP contribution in [0.1, 0.15) is 13.3 Å². The summed E-state index contributed by atoms with van der Waals surface area (Å²) in [6.07, 6.45) is 0.0350. The number of nitrogens with two attached hydrogens (primary N) is 1. The van der Waals surface area contributed by atoms with Crippen molar-refractivity contribution in [3.63, 3.8) is 0 Å². The van der Waals surface area contributed by atoms with Crippen molar-refractivity contribution in [2.45, 2.75) is 37.5 Å². The molecule has 2 heterocycles. The Labute approximate surface area is 105 Å². The van der Waals surface area contributed by atoms with Gasteiger partial charge in [-0.1, -0.05) is 0 Å². The van der Waals surface area contributed by atoms with E-state index in [4.69, 9.17) is 5.73 Å². The minimum atomic E-state index is -0.742. The van der Waals surface area contributed by atoms with E-state index < -0.39 is 12.1 Å². The molecule has 7 nitrogen and oxygen atoms in total. The molecule has 4 N–H and O–H groups in total. The molecule has 1 unspecified atom stereocenters. The molecule has 4 atom stereocenters. The van der Waals surface area contributed by atoms with Crippen LogP contribution in [0.5, 0.6) is 0 Å². The normalized spacial score (nSPS) is 35.4. The van der Waals surface area contributed by atoms with Crippen molar-refractivity contribution < 1.29 is 14.4 Å². The van der Waals surface area contributed by atoms with Gasteiger partial charge in [0.25, 0.3) is 0 Å². The molecular formula is C11H18N4O3. The van der Waals surface area contributed by atoms with E-state index in [1.54, 1.807) is 7.05 Å². The number of Topliss-reactive ketones (excluding diaryl/α,β-unsaturated/α-hetero) is 1. The standard InChI is InChI=1S/C11H18N4O3/c1-5(16)3-7-11(18)15-4-6(12)8(13-2)9(15)10(17)14-7/h6-9,13H,3-4,12H2,1-2H3,(H,14,17)/t6-,7+,8-,9?/m1/s1. The second kappa shape index (κ2) is 4.66. The predicted octanol–water partition coefficient (Wildman–Crippen LogP) is -2.41. The van der Waals surface area contributed by atoms with E-state index in [-0.39, 0.29) is 36.1 Å². The largest absolute Gasteiger partial charge is 0.342 e. The van der Waals surface area contributed by atoms with Gasteiger partial charge < -0.3 is 21.3 Å². The summed E-state index contributed by atoms with van der Waals surface area (Å²) in [6, 6.07) is -1.83. The lowest BCUT2D eigenvalue weighted by Gasteiger charge is -2.35. The Hall–Kier alpha value is -1.47. The van der Waals surface area contributed by atoms with Gasteiger partial charge in [-0.15, -0.1) is 0 Å². The summed E-state index contributed by atoms with van der Waals surface area (Å²) in [5, 5.41) is 5.58.